The van der Waals surface area contributed by atoms with Crippen LogP contribution in [0.3, 0.4) is 0 Å². The van der Waals surface area contributed by atoms with Gasteiger partial charge in [0.2, 0.25) is 0 Å². The van der Waals surface area contributed by atoms with E-state index in [1.165, 1.54) is 0 Å². The van der Waals surface area contributed by atoms with Crippen molar-refractivity contribution in [3.05, 3.63) is 103 Å². The van der Waals surface area contributed by atoms with Crippen LogP contribution in [0.15, 0.2) is 90.6 Å². The van der Waals surface area contributed by atoms with Gasteiger partial charge in [-0.1, -0.05) is 54.5 Å². The van der Waals surface area contributed by atoms with Gasteiger partial charge < -0.3 is 11.6 Å². The van der Waals surface area contributed by atoms with Gasteiger partial charge in [0, 0.05) is 28.1 Å². The molecule has 4 aromatic rings. The van der Waals surface area contributed by atoms with Crippen LogP contribution in [-0.4, -0.2) is 24.4 Å². The number of hydrogen-bond donors (Lipinski definition) is 0. The van der Waals surface area contributed by atoms with Crippen LogP contribution < -0.4 is 0 Å². The Morgan fingerprint density at radius 1 is 0.969 bits per heavy atom. The van der Waals surface area contributed by atoms with Crippen LogP contribution in [-0.2, 0) is 30.4 Å². The minimum Gasteiger partial charge on any atom is -0.568 e. The zero-order valence-corrected chi connectivity index (χ0v) is 20.2. The average Bonchev–Trinajstić information content (AvgIpc) is 2.78. The third-order valence-electron chi connectivity index (χ3n) is 4.66. The number of nitrogens with zero attached hydrogens (tertiary/aromatic N) is 3. The molecule has 0 N–H and O–H groups in total. The van der Waals surface area contributed by atoms with E-state index in [0.717, 1.165) is 27.4 Å². The number of aromatic nitrogens is 2. The van der Waals surface area contributed by atoms with E-state index in [4.69, 9.17) is 0 Å². The molecule has 0 radical (unpaired) electrons. The molecule has 0 fully saturated rings. The third-order valence-corrected chi connectivity index (χ3v) is 6.10. The summed E-state index contributed by atoms with van der Waals surface area (Å²) in [5.74, 6) is 0. The van der Waals surface area contributed by atoms with Gasteiger partial charge in [-0.25, -0.2) is 8.42 Å². The van der Waals surface area contributed by atoms with Crippen LogP contribution in [0.5, 0.6) is 0 Å². The van der Waals surface area contributed by atoms with Gasteiger partial charge in [0.15, 0.2) is 0 Å². The number of rotatable bonds is 6. The second-order valence-corrected chi connectivity index (χ2v) is 8.76. The van der Waals surface area contributed by atoms with E-state index in [1.807, 2.05) is 19.1 Å². The summed E-state index contributed by atoms with van der Waals surface area (Å²) < 4.78 is 27.5. The summed E-state index contributed by atoms with van der Waals surface area (Å²) in [5.41, 5.74) is 2.97. The Morgan fingerprint density at radius 3 is 2.00 bits per heavy atom. The molecular weight excluding hydrogens is 513 g/mol. The number of sulfonamides is 1. The summed E-state index contributed by atoms with van der Waals surface area (Å²) >= 11 is 0. The Labute approximate surface area is 203 Å². The number of aryl methyl sites for hydroxylation is 1. The van der Waals surface area contributed by atoms with Gasteiger partial charge in [-0.05, 0) is 37.6 Å². The smallest absolute Gasteiger partial charge is 0.568 e. The Hall–Kier alpha value is -2.43. The van der Waals surface area contributed by atoms with Crippen LogP contribution >= 0.6 is 0 Å². The quantitative estimate of drug-likeness (QED) is 0.131. The van der Waals surface area contributed by atoms with E-state index in [-0.39, 0.29) is 25.3 Å². The predicted octanol–water partition coefficient (Wildman–Crippen LogP) is 6.01. The van der Waals surface area contributed by atoms with E-state index < -0.39 is 16.1 Å². The maximum atomic E-state index is 11.9. The molecule has 0 aliphatic heterocycles. The number of pyridine rings is 2. The van der Waals surface area contributed by atoms with Crippen LogP contribution in [0.1, 0.15) is 18.4 Å². The van der Waals surface area contributed by atoms with Gasteiger partial charge >= 0.3 is 20.4 Å². The average molecular weight is 538 g/mol. The molecule has 0 amide bonds. The van der Waals surface area contributed by atoms with E-state index in [9.17, 15) is 8.42 Å². The number of hydrogen-bond acceptors (Lipinski definition) is 4. The Kier molecular flexibility index (Phi) is 9.67. The maximum absolute atomic E-state index is 11.9. The summed E-state index contributed by atoms with van der Waals surface area (Å²) in [4.78, 5) is 8.91. The second kappa shape index (κ2) is 12.0. The second-order valence-electron chi connectivity index (χ2n) is 7.13. The van der Waals surface area contributed by atoms with E-state index in [1.54, 1.807) is 42.7 Å². The van der Waals surface area contributed by atoms with Gasteiger partial charge in [0.25, 0.3) is 0 Å². The van der Waals surface area contributed by atoms with Crippen molar-refractivity contribution in [2.45, 2.75) is 30.7 Å². The van der Waals surface area contributed by atoms with E-state index in [0.29, 0.717) is 12.8 Å². The molecule has 4 rings (SSSR count). The number of fused-ring (bicyclic) bond motifs is 3. The molecule has 32 heavy (non-hydrogen) atoms. The van der Waals surface area contributed by atoms with Gasteiger partial charge in [-0.15, -0.1) is 6.58 Å². The topological polar surface area (TPSA) is 74.0 Å². The SMILES string of the molecule is C=CCCC([CH2-])[N-]S(=O)(=O)c1ccc(C)cc1.[Pd+2].c1cnc2c(c1)ccc1cccnc12. The molecule has 2 aromatic carbocycles. The van der Waals surface area contributed by atoms with Crippen molar-refractivity contribution in [2.24, 2.45) is 0 Å². The summed E-state index contributed by atoms with van der Waals surface area (Å²) in [5, 5.41) is 2.28. The van der Waals surface area contributed by atoms with Gasteiger partial charge in [0.05, 0.1) is 21.1 Å². The summed E-state index contributed by atoms with van der Waals surface area (Å²) in [6.45, 7) is 9.19. The fourth-order valence-electron chi connectivity index (χ4n) is 3.01. The standard InChI is InChI=1S/C13H17NO2S.C12H8N2.Pd/c1-4-5-6-12(3)14-17(15,16)13-9-7-11(2)8-10-13;1-3-9-5-6-10-4-2-8-14-12(10)11(9)13-7-1;/h4,7-10,12H,1,3,5-6H2,2H3;1-8H;/q-2;;+2. The zero-order chi connectivity index (χ0) is 22.3. The first-order chi connectivity index (χ1) is 14.9. The molecule has 0 aliphatic rings. The van der Waals surface area contributed by atoms with Crippen LogP contribution in [0.2, 0.25) is 0 Å². The molecular formula is C25H25N3O2PdS. The van der Waals surface area contributed by atoms with Crippen molar-refractivity contribution in [1.82, 2.24) is 9.97 Å². The molecule has 7 heteroatoms. The molecule has 168 valence electrons. The predicted molar refractivity (Wildman–Crippen MR) is 127 cm³/mol. The Bertz CT molecular complexity index is 1220. The molecule has 2 heterocycles. The Morgan fingerprint density at radius 2 is 1.50 bits per heavy atom. The third kappa shape index (κ3) is 6.78. The van der Waals surface area contributed by atoms with Crippen molar-refractivity contribution >= 4 is 31.8 Å². The van der Waals surface area contributed by atoms with Crippen molar-refractivity contribution in [3.8, 4) is 0 Å². The fourth-order valence-corrected chi connectivity index (χ4v) is 4.11. The van der Waals surface area contributed by atoms with E-state index in [2.05, 4.69) is 52.5 Å². The minimum absolute atomic E-state index is 0. The van der Waals surface area contributed by atoms with E-state index >= 15 is 0 Å². The fraction of sp³-hybridized carbons (Fsp3) is 0.160. The molecule has 1 unspecified atom stereocenters. The minimum atomic E-state index is -3.58. The molecule has 0 aliphatic carbocycles. The van der Waals surface area contributed by atoms with Crippen molar-refractivity contribution in [1.29, 1.82) is 0 Å². The molecule has 5 nitrogen and oxygen atoms in total. The maximum Gasteiger partial charge on any atom is 2.00 e. The van der Waals surface area contributed by atoms with Crippen molar-refractivity contribution in [2.75, 3.05) is 0 Å². The largest absolute Gasteiger partial charge is 2.00 e. The number of allylic oxidation sites excluding steroid dienone is 1. The van der Waals surface area contributed by atoms with Crippen molar-refractivity contribution < 1.29 is 28.8 Å². The summed E-state index contributed by atoms with van der Waals surface area (Å²) in [6, 6.07) is 18.3. The van der Waals surface area contributed by atoms with Gasteiger partial charge in [0.1, 0.15) is 0 Å². The first-order valence-corrected chi connectivity index (χ1v) is 11.4. The van der Waals surface area contributed by atoms with Crippen molar-refractivity contribution in [3.63, 3.8) is 0 Å². The number of benzene rings is 2. The molecule has 1 atom stereocenters. The van der Waals surface area contributed by atoms with Crippen LogP contribution in [0.4, 0.5) is 0 Å². The molecule has 0 saturated carbocycles. The van der Waals surface area contributed by atoms with Gasteiger partial charge in [-0.2, -0.15) is 0 Å². The first kappa shape index (κ1) is 25.8. The van der Waals surface area contributed by atoms with Crippen LogP contribution in [0.25, 0.3) is 26.5 Å². The molecule has 2 aromatic heterocycles. The summed E-state index contributed by atoms with van der Waals surface area (Å²) in [6.07, 6.45) is 6.63. The van der Waals surface area contributed by atoms with Crippen LogP contribution in [0, 0.1) is 13.8 Å². The Balaban J connectivity index is 0.000000222. The first-order valence-electron chi connectivity index (χ1n) is 9.97. The van der Waals surface area contributed by atoms with Gasteiger partial charge in [-0.3, -0.25) is 16.0 Å². The molecule has 0 bridgehead atoms. The normalized spacial score (nSPS) is 11.8. The molecule has 0 spiro atoms. The molecule has 0 saturated heterocycles. The monoisotopic (exact) mass is 537 g/mol. The summed E-state index contributed by atoms with van der Waals surface area (Å²) in [7, 11) is -3.58. The zero-order valence-electron chi connectivity index (χ0n) is 17.8.